The molecular weight excluding hydrogens is 246 g/mol. The molecule has 0 bridgehead atoms. The lowest BCUT2D eigenvalue weighted by molar-refractivity contribution is -0.385. The molecule has 0 amide bonds. The Balaban J connectivity index is 2.07. The van der Waals surface area contributed by atoms with Gasteiger partial charge in [-0.15, -0.1) is 0 Å². The first-order chi connectivity index (χ1) is 9.06. The molecule has 1 aromatic rings. The van der Waals surface area contributed by atoms with Crippen molar-refractivity contribution in [1.82, 2.24) is 4.98 Å². The molecule has 0 unspecified atom stereocenters. The largest absolute Gasteiger partial charge is 0.396 e. The van der Waals surface area contributed by atoms with Gasteiger partial charge in [0.1, 0.15) is 5.82 Å². The van der Waals surface area contributed by atoms with Crippen molar-refractivity contribution in [1.29, 1.82) is 0 Å². The monoisotopic (exact) mass is 265 g/mol. The standard InChI is InChI=1S/C13H19N3O3/c1-10-7-14-12(6-11(10)16(18)19)15-8-13(9-17)4-2-3-5-13/h6-7,17H,2-5,8-9H2,1H3,(H,14,15). The topological polar surface area (TPSA) is 88.3 Å². The number of anilines is 1. The zero-order chi connectivity index (χ0) is 13.9. The maximum absolute atomic E-state index is 10.9. The molecule has 2 rings (SSSR count). The van der Waals surface area contributed by atoms with Crippen LogP contribution in [0.3, 0.4) is 0 Å². The van der Waals surface area contributed by atoms with Crippen LogP contribution in [0.15, 0.2) is 12.3 Å². The number of nitrogens with one attached hydrogen (secondary N) is 1. The van der Waals surface area contributed by atoms with Gasteiger partial charge in [-0.2, -0.15) is 0 Å². The SMILES string of the molecule is Cc1cnc(NCC2(CO)CCCC2)cc1[N+](=O)[O-]. The number of pyridine rings is 1. The van der Waals surface area contributed by atoms with E-state index < -0.39 is 4.92 Å². The molecule has 1 aliphatic carbocycles. The maximum Gasteiger partial charge on any atom is 0.277 e. The normalized spacial score (nSPS) is 17.4. The predicted molar refractivity (Wildman–Crippen MR) is 72.1 cm³/mol. The molecule has 1 fully saturated rings. The third-order valence-electron chi connectivity index (χ3n) is 3.92. The minimum absolute atomic E-state index is 0.0713. The summed E-state index contributed by atoms with van der Waals surface area (Å²) in [5.41, 5.74) is 0.525. The predicted octanol–water partition coefficient (Wildman–Crippen LogP) is 2.26. The second-order valence-corrected chi connectivity index (χ2v) is 5.33. The Morgan fingerprint density at radius 2 is 2.21 bits per heavy atom. The molecule has 0 aliphatic heterocycles. The van der Waals surface area contributed by atoms with E-state index in [1.807, 2.05) is 0 Å². The summed E-state index contributed by atoms with van der Waals surface area (Å²) in [7, 11) is 0. The quantitative estimate of drug-likeness (QED) is 0.629. The Kier molecular flexibility index (Phi) is 3.99. The number of aryl methyl sites for hydroxylation is 1. The highest BCUT2D eigenvalue weighted by Gasteiger charge is 2.33. The third-order valence-corrected chi connectivity index (χ3v) is 3.92. The van der Waals surface area contributed by atoms with Crippen LogP contribution in [-0.2, 0) is 0 Å². The van der Waals surface area contributed by atoms with E-state index in [9.17, 15) is 15.2 Å². The molecule has 1 heterocycles. The molecule has 19 heavy (non-hydrogen) atoms. The van der Waals surface area contributed by atoms with Gasteiger partial charge in [0.25, 0.3) is 5.69 Å². The number of aliphatic hydroxyl groups is 1. The summed E-state index contributed by atoms with van der Waals surface area (Å²) in [6.45, 7) is 2.42. The van der Waals surface area contributed by atoms with Gasteiger partial charge in [0.05, 0.1) is 17.6 Å². The van der Waals surface area contributed by atoms with Crippen molar-refractivity contribution in [3.63, 3.8) is 0 Å². The van der Waals surface area contributed by atoms with E-state index >= 15 is 0 Å². The number of hydrogen-bond acceptors (Lipinski definition) is 5. The van der Waals surface area contributed by atoms with E-state index in [1.165, 1.54) is 12.3 Å². The molecule has 6 nitrogen and oxygen atoms in total. The molecule has 1 saturated carbocycles. The number of nitro groups is 1. The zero-order valence-corrected chi connectivity index (χ0v) is 11.1. The summed E-state index contributed by atoms with van der Waals surface area (Å²) in [5.74, 6) is 0.497. The molecule has 0 radical (unpaired) electrons. The van der Waals surface area contributed by atoms with Crippen molar-refractivity contribution < 1.29 is 10.0 Å². The fraction of sp³-hybridized carbons (Fsp3) is 0.615. The van der Waals surface area contributed by atoms with Crippen LogP contribution in [0.4, 0.5) is 11.5 Å². The van der Waals surface area contributed by atoms with Gasteiger partial charge >= 0.3 is 0 Å². The highest BCUT2D eigenvalue weighted by Crippen LogP contribution is 2.37. The highest BCUT2D eigenvalue weighted by molar-refractivity contribution is 5.49. The minimum Gasteiger partial charge on any atom is -0.396 e. The summed E-state index contributed by atoms with van der Waals surface area (Å²) in [4.78, 5) is 14.6. The first kappa shape index (κ1) is 13.7. The molecule has 6 heteroatoms. The first-order valence-corrected chi connectivity index (χ1v) is 6.52. The second kappa shape index (κ2) is 5.52. The van der Waals surface area contributed by atoms with Crippen molar-refractivity contribution in [2.75, 3.05) is 18.5 Å². The minimum atomic E-state index is -0.403. The Labute approximate surface area is 112 Å². The van der Waals surface area contributed by atoms with Crippen molar-refractivity contribution in [3.8, 4) is 0 Å². The number of hydrogen-bond donors (Lipinski definition) is 2. The summed E-state index contributed by atoms with van der Waals surface area (Å²) in [5, 5.41) is 23.5. The van der Waals surface area contributed by atoms with Crippen LogP contribution in [0.25, 0.3) is 0 Å². The molecule has 1 aliphatic rings. The molecule has 2 N–H and O–H groups in total. The van der Waals surface area contributed by atoms with Crippen LogP contribution in [-0.4, -0.2) is 28.2 Å². The molecular formula is C13H19N3O3. The van der Waals surface area contributed by atoms with Crippen molar-refractivity contribution >= 4 is 11.5 Å². The molecule has 0 spiro atoms. The van der Waals surface area contributed by atoms with Gasteiger partial charge in [0.2, 0.25) is 0 Å². The Morgan fingerprint density at radius 3 is 2.79 bits per heavy atom. The number of rotatable bonds is 5. The summed E-state index contributed by atoms with van der Waals surface area (Å²) >= 11 is 0. The summed E-state index contributed by atoms with van der Waals surface area (Å²) < 4.78 is 0. The molecule has 1 aromatic heterocycles. The fourth-order valence-electron chi connectivity index (χ4n) is 2.60. The van der Waals surface area contributed by atoms with E-state index in [4.69, 9.17) is 0 Å². The van der Waals surface area contributed by atoms with Gasteiger partial charge in [-0.05, 0) is 19.8 Å². The van der Waals surface area contributed by atoms with Gasteiger partial charge in [-0.3, -0.25) is 10.1 Å². The maximum atomic E-state index is 10.9. The highest BCUT2D eigenvalue weighted by atomic mass is 16.6. The van der Waals surface area contributed by atoms with Gasteiger partial charge in [0, 0.05) is 23.7 Å². The van der Waals surface area contributed by atoms with Crippen LogP contribution in [0.2, 0.25) is 0 Å². The average Bonchev–Trinajstić information content (AvgIpc) is 2.87. The lowest BCUT2D eigenvalue weighted by Gasteiger charge is -2.26. The molecule has 0 saturated heterocycles. The fourth-order valence-corrected chi connectivity index (χ4v) is 2.60. The smallest absolute Gasteiger partial charge is 0.277 e. The number of aliphatic hydroxyl groups excluding tert-OH is 1. The Morgan fingerprint density at radius 1 is 1.53 bits per heavy atom. The first-order valence-electron chi connectivity index (χ1n) is 6.52. The van der Waals surface area contributed by atoms with Crippen LogP contribution >= 0.6 is 0 Å². The lowest BCUT2D eigenvalue weighted by Crippen LogP contribution is -2.30. The van der Waals surface area contributed by atoms with E-state index in [0.29, 0.717) is 17.9 Å². The van der Waals surface area contributed by atoms with Crippen molar-refractivity contribution in [2.24, 2.45) is 5.41 Å². The van der Waals surface area contributed by atoms with E-state index in [1.54, 1.807) is 6.92 Å². The molecule has 104 valence electrons. The zero-order valence-electron chi connectivity index (χ0n) is 11.1. The van der Waals surface area contributed by atoms with Gasteiger partial charge in [0.15, 0.2) is 0 Å². The van der Waals surface area contributed by atoms with Crippen LogP contribution in [0.5, 0.6) is 0 Å². The lowest BCUT2D eigenvalue weighted by atomic mass is 9.87. The van der Waals surface area contributed by atoms with Gasteiger partial charge < -0.3 is 10.4 Å². The van der Waals surface area contributed by atoms with Crippen molar-refractivity contribution in [2.45, 2.75) is 32.6 Å². The van der Waals surface area contributed by atoms with E-state index in [-0.39, 0.29) is 17.7 Å². The average molecular weight is 265 g/mol. The third kappa shape index (κ3) is 3.01. The summed E-state index contributed by atoms with van der Waals surface area (Å²) in [6, 6.07) is 1.45. The van der Waals surface area contributed by atoms with Crippen LogP contribution < -0.4 is 5.32 Å². The van der Waals surface area contributed by atoms with E-state index in [2.05, 4.69) is 10.3 Å². The van der Waals surface area contributed by atoms with Crippen LogP contribution in [0, 0.1) is 22.5 Å². The Bertz CT molecular complexity index is 470. The number of nitrogens with zero attached hydrogens (tertiary/aromatic N) is 2. The Hall–Kier alpha value is -1.69. The van der Waals surface area contributed by atoms with Gasteiger partial charge in [-0.25, -0.2) is 4.98 Å². The van der Waals surface area contributed by atoms with Gasteiger partial charge in [-0.1, -0.05) is 12.8 Å². The van der Waals surface area contributed by atoms with Crippen molar-refractivity contribution in [3.05, 3.63) is 27.9 Å². The second-order valence-electron chi connectivity index (χ2n) is 5.33. The van der Waals surface area contributed by atoms with E-state index in [0.717, 1.165) is 25.7 Å². The van der Waals surface area contributed by atoms with Crippen LogP contribution in [0.1, 0.15) is 31.2 Å². The molecule has 0 aromatic carbocycles. The number of aromatic nitrogens is 1. The summed E-state index contributed by atoms with van der Waals surface area (Å²) in [6.07, 6.45) is 5.74. The molecule has 0 atom stereocenters.